The van der Waals surface area contributed by atoms with E-state index < -0.39 is 0 Å². The number of benzene rings is 1. The summed E-state index contributed by atoms with van der Waals surface area (Å²) in [5.74, 6) is 0.446. The molecule has 0 bridgehead atoms. The third-order valence-electron chi connectivity index (χ3n) is 2.20. The molecular weight excluding hydrogens is 218 g/mol. The predicted octanol–water partition coefficient (Wildman–Crippen LogP) is 0.906. The summed E-state index contributed by atoms with van der Waals surface area (Å²) in [6.07, 6.45) is 0. The lowest BCUT2D eigenvalue weighted by Gasteiger charge is -2.03. The monoisotopic (exact) mass is 229 g/mol. The summed E-state index contributed by atoms with van der Waals surface area (Å²) < 4.78 is 0. The van der Waals surface area contributed by atoms with Gasteiger partial charge in [-0.25, -0.2) is 0 Å². The maximum absolute atomic E-state index is 11.3. The number of ketones is 1. The van der Waals surface area contributed by atoms with Crippen molar-refractivity contribution in [2.24, 2.45) is 0 Å². The Morgan fingerprint density at radius 3 is 2.35 bits per heavy atom. The van der Waals surface area contributed by atoms with Crippen molar-refractivity contribution in [3.05, 3.63) is 29.8 Å². The molecule has 86 valence electrons. The Morgan fingerprint density at radius 2 is 1.76 bits per heavy atom. The van der Waals surface area contributed by atoms with Gasteiger partial charge in [0.2, 0.25) is 11.9 Å². The summed E-state index contributed by atoms with van der Waals surface area (Å²) in [7, 11) is 0. The van der Waals surface area contributed by atoms with Crippen molar-refractivity contribution in [2.75, 3.05) is 11.5 Å². The fraction of sp³-hybridized carbons (Fsp3) is 0.0909. The van der Waals surface area contributed by atoms with Crippen LogP contribution in [0.4, 0.5) is 11.9 Å². The van der Waals surface area contributed by atoms with Crippen molar-refractivity contribution >= 4 is 17.7 Å². The third-order valence-corrected chi connectivity index (χ3v) is 2.20. The molecule has 17 heavy (non-hydrogen) atoms. The van der Waals surface area contributed by atoms with Gasteiger partial charge >= 0.3 is 0 Å². The fourth-order valence-electron chi connectivity index (χ4n) is 1.42. The van der Waals surface area contributed by atoms with Crippen molar-refractivity contribution in [1.82, 2.24) is 15.0 Å². The van der Waals surface area contributed by atoms with E-state index in [0.29, 0.717) is 17.0 Å². The van der Waals surface area contributed by atoms with E-state index in [1.807, 2.05) is 0 Å². The van der Waals surface area contributed by atoms with Gasteiger partial charge in [-0.05, 0) is 13.0 Å². The molecule has 4 N–H and O–H groups in total. The maximum atomic E-state index is 11.3. The van der Waals surface area contributed by atoms with E-state index in [1.54, 1.807) is 24.3 Å². The Labute approximate surface area is 97.7 Å². The van der Waals surface area contributed by atoms with Gasteiger partial charge in [0.1, 0.15) is 0 Å². The van der Waals surface area contributed by atoms with Gasteiger partial charge in [-0.3, -0.25) is 4.79 Å². The number of carbonyl (C=O) groups excluding carboxylic acids is 1. The van der Waals surface area contributed by atoms with Crippen LogP contribution in [0.5, 0.6) is 0 Å². The Morgan fingerprint density at radius 1 is 1.12 bits per heavy atom. The molecule has 0 aliphatic heterocycles. The normalized spacial score (nSPS) is 10.2. The molecule has 0 spiro atoms. The van der Waals surface area contributed by atoms with Crippen LogP contribution in [0, 0.1) is 0 Å². The summed E-state index contributed by atoms with van der Waals surface area (Å²) in [6.45, 7) is 1.50. The van der Waals surface area contributed by atoms with E-state index in [2.05, 4.69) is 15.0 Å². The highest BCUT2D eigenvalue weighted by atomic mass is 16.1. The Bertz CT molecular complexity index is 562. The number of nitrogens with two attached hydrogens (primary N) is 2. The zero-order valence-corrected chi connectivity index (χ0v) is 9.21. The van der Waals surface area contributed by atoms with Crippen molar-refractivity contribution in [3.8, 4) is 11.4 Å². The highest BCUT2D eigenvalue weighted by Gasteiger charge is 2.07. The first-order chi connectivity index (χ1) is 8.06. The molecule has 0 unspecified atom stereocenters. The molecule has 0 saturated heterocycles. The predicted molar refractivity (Wildman–Crippen MR) is 64.1 cm³/mol. The van der Waals surface area contributed by atoms with Crippen LogP contribution in [0.15, 0.2) is 24.3 Å². The van der Waals surface area contributed by atoms with Gasteiger partial charge in [-0.15, -0.1) is 0 Å². The van der Waals surface area contributed by atoms with E-state index in [4.69, 9.17) is 11.5 Å². The second-order valence-corrected chi connectivity index (χ2v) is 3.51. The molecule has 2 rings (SSSR count). The van der Waals surface area contributed by atoms with Crippen LogP contribution in [0.25, 0.3) is 11.4 Å². The molecule has 0 atom stereocenters. The molecule has 0 aliphatic carbocycles. The van der Waals surface area contributed by atoms with E-state index in [-0.39, 0.29) is 17.7 Å². The van der Waals surface area contributed by atoms with Gasteiger partial charge in [-0.1, -0.05) is 18.2 Å². The Kier molecular flexibility index (Phi) is 2.70. The lowest BCUT2D eigenvalue weighted by atomic mass is 10.1. The average Bonchev–Trinajstić information content (AvgIpc) is 2.28. The smallest absolute Gasteiger partial charge is 0.225 e. The Balaban J connectivity index is 2.52. The lowest BCUT2D eigenvalue weighted by Crippen LogP contribution is -2.04. The first-order valence-corrected chi connectivity index (χ1v) is 4.94. The molecule has 0 saturated carbocycles. The third kappa shape index (κ3) is 2.36. The van der Waals surface area contributed by atoms with Crippen LogP contribution in [0.1, 0.15) is 17.3 Å². The van der Waals surface area contributed by atoms with Gasteiger partial charge in [0.05, 0.1) is 0 Å². The molecule has 0 radical (unpaired) electrons. The Hall–Kier alpha value is -2.50. The number of hydrogen-bond acceptors (Lipinski definition) is 6. The van der Waals surface area contributed by atoms with Crippen molar-refractivity contribution in [2.45, 2.75) is 6.92 Å². The zero-order chi connectivity index (χ0) is 12.4. The minimum atomic E-state index is -0.0261. The minimum absolute atomic E-state index is 0.0261. The van der Waals surface area contributed by atoms with Crippen LogP contribution in [0.2, 0.25) is 0 Å². The number of Topliss-reactive ketones (excluding diaryl/α,β-unsaturated/α-hetero) is 1. The van der Waals surface area contributed by atoms with Gasteiger partial charge in [0, 0.05) is 11.1 Å². The summed E-state index contributed by atoms with van der Waals surface area (Å²) in [6, 6.07) is 6.94. The standard InChI is InChI=1S/C11H11N5O/c1-6(17)7-3-2-4-8(5-7)9-14-10(12)16-11(13)15-9/h2-5H,1H3,(H4,12,13,14,15,16). The average molecular weight is 229 g/mol. The minimum Gasteiger partial charge on any atom is -0.368 e. The van der Waals surface area contributed by atoms with Gasteiger partial charge in [0.15, 0.2) is 11.6 Å². The summed E-state index contributed by atoms with van der Waals surface area (Å²) >= 11 is 0. The van der Waals surface area contributed by atoms with Crippen molar-refractivity contribution in [1.29, 1.82) is 0 Å². The number of rotatable bonds is 2. The van der Waals surface area contributed by atoms with Crippen molar-refractivity contribution in [3.63, 3.8) is 0 Å². The maximum Gasteiger partial charge on any atom is 0.225 e. The zero-order valence-electron chi connectivity index (χ0n) is 9.21. The van der Waals surface area contributed by atoms with Gasteiger partial charge in [-0.2, -0.15) is 15.0 Å². The number of hydrogen-bond donors (Lipinski definition) is 2. The highest BCUT2D eigenvalue weighted by Crippen LogP contribution is 2.17. The molecule has 6 heteroatoms. The largest absolute Gasteiger partial charge is 0.368 e. The van der Waals surface area contributed by atoms with Crippen LogP contribution in [0.3, 0.4) is 0 Å². The molecule has 0 fully saturated rings. The molecule has 1 aromatic heterocycles. The van der Waals surface area contributed by atoms with Crippen LogP contribution in [-0.2, 0) is 0 Å². The molecule has 1 heterocycles. The fourth-order valence-corrected chi connectivity index (χ4v) is 1.42. The van der Waals surface area contributed by atoms with Crippen molar-refractivity contribution < 1.29 is 4.79 Å². The molecular formula is C11H11N5O. The number of nitrogen functional groups attached to an aromatic ring is 2. The second kappa shape index (κ2) is 4.17. The first-order valence-electron chi connectivity index (χ1n) is 4.94. The second-order valence-electron chi connectivity index (χ2n) is 3.51. The van der Waals surface area contributed by atoms with E-state index >= 15 is 0 Å². The summed E-state index contributed by atoms with van der Waals surface area (Å²) in [4.78, 5) is 22.9. The van der Waals surface area contributed by atoms with Crippen LogP contribution >= 0.6 is 0 Å². The number of aromatic nitrogens is 3. The lowest BCUT2D eigenvalue weighted by molar-refractivity contribution is 0.101. The van der Waals surface area contributed by atoms with Crippen LogP contribution in [-0.4, -0.2) is 20.7 Å². The van der Waals surface area contributed by atoms with E-state index in [0.717, 1.165) is 0 Å². The summed E-state index contributed by atoms with van der Waals surface area (Å²) in [5, 5.41) is 0. The molecule has 1 aromatic carbocycles. The van der Waals surface area contributed by atoms with Crippen LogP contribution < -0.4 is 11.5 Å². The highest BCUT2D eigenvalue weighted by molar-refractivity contribution is 5.95. The van der Waals surface area contributed by atoms with E-state index in [9.17, 15) is 4.79 Å². The molecule has 0 aliphatic rings. The molecule has 2 aromatic rings. The molecule has 6 nitrogen and oxygen atoms in total. The van der Waals surface area contributed by atoms with E-state index in [1.165, 1.54) is 6.92 Å². The number of carbonyl (C=O) groups is 1. The summed E-state index contributed by atoms with van der Waals surface area (Å²) in [5.41, 5.74) is 12.2. The van der Waals surface area contributed by atoms with Gasteiger partial charge < -0.3 is 11.5 Å². The van der Waals surface area contributed by atoms with Gasteiger partial charge in [0.25, 0.3) is 0 Å². The first kappa shape index (κ1) is 11.0. The SMILES string of the molecule is CC(=O)c1cccc(-c2nc(N)nc(N)n2)c1. The topological polar surface area (TPSA) is 108 Å². The number of anilines is 2. The quantitative estimate of drug-likeness (QED) is 0.741. The number of nitrogens with zero attached hydrogens (tertiary/aromatic N) is 3. The molecule has 0 amide bonds.